The molecule has 6 N–H and O–H groups in total. The first-order chi connectivity index (χ1) is 12.9. The lowest BCUT2D eigenvalue weighted by molar-refractivity contribution is 0.399. The first kappa shape index (κ1) is 63.0. The molecule has 0 rings (SSSR count). The maximum atomic E-state index is 9.56. The molecule has 0 aliphatic carbocycles. The van der Waals surface area contributed by atoms with Gasteiger partial charge in [-0.25, -0.2) is 0 Å². The summed E-state index contributed by atoms with van der Waals surface area (Å²) in [4.78, 5) is 0. The molecular weight excluding hydrogens is 456 g/mol. The normalized spacial score (nSPS) is 6.29. The molecule has 188 valence electrons. The average Bonchev–Trinajstić information content (AvgIpc) is 2.63. The first-order valence-electron chi connectivity index (χ1n) is 6.62. The third-order valence-corrected chi connectivity index (χ3v) is 0. The highest BCUT2D eigenvalue weighted by Crippen LogP contribution is 1.48. The van der Waals surface area contributed by atoms with Crippen LogP contribution in [0.5, 0.6) is 0 Å². The zero-order chi connectivity index (χ0) is 26.3. The molecule has 0 spiro atoms. The lowest BCUT2D eigenvalue weighted by Crippen LogP contribution is -1.70. The molecule has 0 amide bonds. The molecule has 0 radical (unpaired) electrons. The number of rotatable bonds is 0. The fourth-order valence-corrected chi connectivity index (χ4v) is 0. The first-order valence-corrected chi connectivity index (χ1v) is 14.5. The summed E-state index contributed by atoms with van der Waals surface area (Å²) in [5.41, 5.74) is 0. The maximum absolute atomic E-state index is 9.56. The average molecular weight is 505 g/mol. The van der Waals surface area contributed by atoms with Crippen molar-refractivity contribution in [2.24, 2.45) is 0 Å². The Bertz CT molecular complexity index is 180. The van der Waals surface area contributed by atoms with E-state index in [4.69, 9.17) is 30.6 Å². The topological polar surface area (TPSA) is 190 Å². The highest BCUT2D eigenvalue weighted by molar-refractivity contribution is 7.84. The molecule has 0 atom stereocenters. The van der Waals surface area contributed by atoms with Gasteiger partial charge in [0.15, 0.2) is 0 Å². The zero-order valence-corrected chi connectivity index (χ0v) is 23.2. The molecule has 28 heavy (non-hydrogen) atoms. The maximum Gasteiger partial charge on any atom is 0.0319 e. The lowest BCUT2D eigenvalue weighted by atomic mass is 11.8. The summed E-state index contributed by atoms with van der Waals surface area (Å²) in [6.45, 7) is 0. The molecular formula is C14H48O10S4. The van der Waals surface area contributed by atoms with Crippen LogP contribution in [0.2, 0.25) is 0 Å². The molecule has 14 heteroatoms. The zero-order valence-electron chi connectivity index (χ0n) is 19.9. The Morgan fingerprint density at radius 3 is 0.286 bits per heavy atom. The predicted molar refractivity (Wildman–Crippen MR) is 129 cm³/mol. The summed E-state index contributed by atoms with van der Waals surface area (Å²) in [6.07, 6.45) is 13.1. The summed E-state index contributed by atoms with van der Waals surface area (Å²) >= 11 is 0. The molecule has 0 aromatic heterocycles. The van der Waals surface area contributed by atoms with Gasteiger partial charge in [0.05, 0.1) is 0 Å². The van der Waals surface area contributed by atoms with E-state index in [-0.39, 0.29) is 0 Å². The Morgan fingerprint density at radius 1 is 0.286 bits per heavy atom. The van der Waals surface area contributed by atoms with E-state index in [0.717, 1.165) is 42.7 Å². The molecule has 0 aliphatic rings. The molecule has 0 aromatic carbocycles. The number of hydrogen-bond donors (Lipinski definition) is 6. The smallest absolute Gasteiger partial charge is 0.0319 e. The van der Waals surface area contributed by atoms with Gasteiger partial charge >= 0.3 is 0 Å². The van der Waals surface area contributed by atoms with Crippen molar-refractivity contribution in [3.63, 3.8) is 0 Å². The third kappa shape index (κ3) is 131000. The van der Waals surface area contributed by atoms with E-state index in [2.05, 4.69) is 0 Å². The van der Waals surface area contributed by atoms with Crippen LogP contribution in [0.3, 0.4) is 0 Å². The Hall–Kier alpha value is 0.360. The minimum Gasteiger partial charge on any atom is -0.400 e. The van der Waals surface area contributed by atoms with Crippen LogP contribution in [0.1, 0.15) is 0 Å². The highest BCUT2D eigenvalue weighted by Gasteiger charge is 1.58. The largest absolute Gasteiger partial charge is 0.400 e. The quantitative estimate of drug-likeness (QED) is 0.208. The van der Waals surface area contributed by atoms with Crippen molar-refractivity contribution in [2.75, 3.05) is 92.7 Å². The van der Waals surface area contributed by atoms with Crippen LogP contribution in [0.25, 0.3) is 0 Å². The van der Waals surface area contributed by atoms with E-state index < -0.39 is 43.2 Å². The van der Waals surface area contributed by atoms with Crippen LogP contribution in [0.4, 0.5) is 0 Å². The van der Waals surface area contributed by atoms with Gasteiger partial charge in [0.2, 0.25) is 0 Å². The van der Waals surface area contributed by atoms with Crippen LogP contribution in [0.15, 0.2) is 0 Å². The van der Waals surface area contributed by atoms with Gasteiger partial charge in [0, 0.05) is 136 Å². The summed E-state index contributed by atoms with van der Waals surface area (Å²) in [5, 5.41) is 42.0. The van der Waals surface area contributed by atoms with Crippen LogP contribution in [-0.4, -0.2) is 140 Å². The van der Waals surface area contributed by atoms with Crippen LogP contribution < -0.4 is 0 Å². The van der Waals surface area contributed by atoms with Crippen molar-refractivity contribution in [3.05, 3.63) is 0 Å². The molecule has 0 unspecified atom stereocenters. The lowest BCUT2D eigenvalue weighted by Gasteiger charge is -1.60. The van der Waals surface area contributed by atoms with Crippen molar-refractivity contribution in [1.82, 2.24) is 0 Å². The van der Waals surface area contributed by atoms with Gasteiger partial charge in [-0.3, -0.25) is 16.8 Å². The van der Waals surface area contributed by atoms with Crippen LogP contribution >= 0.6 is 0 Å². The van der Waals surface area contributed by atoms with Crippen LogP contribution in [-0.2, 0) is 43.2 Å². The van der Waals surface area contributed by atoms with Crippen molar-refractivity contribution in [3.8, 4) is 0 Å². The van der Waals surface area contributed by atoms with Gasteiger partial charge in [-0.05, 0) is 0 Å². The Balaban J connectivity index is -0.0000000164. The summed E-state index contributed by atoms with van der Waals surface area (Å²) in [7, 11) is 3.56. The molecule has 0 saturated heterocycles. The minimum absolute atomic E-state index is 0.611. The van der Waals surface area contributed by atoms with Gasteiger partial charge < -0.3 is 30.6 Å². The van der Waals surface area contributed by atoms with E-state index in [1.165, 1.54) is 0 Å². The summed E-state index contributed by atoms with van der Waals surface area (Å²) in [6, 6.07) is 0. The fourth-order valence-electron chi connectivity index (χ4n) is 0. The monoisotopic (exact) mass is 504 g/mol. The number of aliphatic hydroxyl groups excluding tert-OH is 6. The van der Waals surface area contributed by atoms with Gasteiger partial charge in [-0.1, -0.05) is 0 Å². The van der Waals surface area contributed by atoms with E-state index in [0.29, 0.717) is 0 Å². The summed E-state index contributed by atoms with van der Waals surface area (Å²) < 4.78 is 38.2. The third-order valence-electron chi connectivity index (χ3n) is 0. The van der Waals surface area contributed by atoms with Gasteiger partial charge in [0.25, 0.3) is 0 Å². The molecule has 0 saturated carbocycles. The Kier molecular flexibility index (Phi) is 280. The van der Waals surface area contributed by atoms with Crippen molar-refractivity contribution < 1.29 is 47.5 Å². The van der Waals surface area contributed by atoms with Gasteiger partial charge in [0.1, 0.15) is 0 Å². The predicted octanol–water partition coefficient (Wildman–Crippen LogP) is -2.37. The van der Waals surface area contributed by atoms with E-state index >= 15 is 0 Å². The van der Waals surface area contributed by atoms with Gasteiger partial charge in [-0.2, -0.15) is 0 Å². The minimum atomic E-state index is -0.611. The summed E-state index contributed by atoms with van der Waals surface area (Å²) in [5.74, 6) is 0. The molecule has 0 aliphatic heterocycles. The fraction of sp³-hybridized carbons (Fsp3) is 1.00. The number of hydrogen-bond acceptors (Lipinski definition) is 10. The van der Waals surface area contributed by atoms with Gasteiger partial charge in [-0.15, -0.1) is 0 Å². The Morgan fingerprint density at radius 2 is 0.286 bits per heavy atom. The van der Waals surface area contributed by atoms with E-state index in [1.54, 1.807) is 50.0 Å². The van der Waals surface area contributed by atoms with E-state index in [1.807, 2.05) is 0 Å². The van der Waals surface area contributed by atoms with Crippen molar-refractivity contribution >= 4 is 43.2 Å². The second-order valence-corrected chi connectivity index (χ2v) is 8.90. The highest BCUT2D eigenvalue weighted by atomic mass is 32.2. The van der Waals surface area contributed by atoms with Crippen molar-refractivity contribution in [1.29, 1.82) is 0 Å². The van der Waals surface area contributed by atoms with Crippen molar-refractivity contribution in [2.45, 2.75) is 0 Å². The molecule has 0 fully saturated rings. The van der Waals surface area contributed by atoms with E-state index in [9.17, 15) is 16.8 Å². The molecule has 10 nitrogen and oxygen atoms in total. The molecule has 0 heterocycles. The Labute approximate surface area is 183 Å². The standard InChI is InChI=1S/4C2H6OS.6CH4O/c4*1-4(2)3;6*1-2/h4*1-2H3;6*2H,1H3. The second kappa shape index (κ2) is 124. The molecule has 0 aromatic rings. The van der Waals surface area contributed by atoms with Crippen LogP contribution in [0, 0.1) is 0 Å². The SMILES string of the molecule is CO.CO.CO.CO.CO.CO.CS(C)=O.CS(C)=O.CS(C)=O.CS(C)=O. The molecule has 0 bridgehead atoms. The number of aliphatic hydroxyl groups is 6. The second-order valence-electron chi connectivity index (χ2n) is 2.97.